The fourth-order valence-electron chi connectivity index (χ4n) is 1.57. The Morgan fingerprint density at radius 1 is 1.60 bits per heavy atom. The number of alkyl halides is 1. The van der Waals surface area contributed by atoms with Crippen molar-refractivity contribution >= 4 is 17.4 Å². The van der Waals surface area contributed by atoms with Crippen LogP contribution in [0.1, 0.15) is 6.42 Å². The first-order valence-corrected chi connectivity index (χ1v) is 5.31. The van der Waals surface area contributed by atoms with Gasteiger partial charge in [-0.3, -0.25) is 0 Å². The van der Waals surface area contributed by atoms with E-state index in [1.54, 1.807) is 6.07 Å². The molecule has 0 bridgehead atoms. The molecule has 1 N–H and O–H groups in total. The summed E-state index contributed by atoms with van der Waals surface area (Å²) >= 11 is 5.90. The van der Waals surface area contributed by atoms with E-state index in [9.17, 15) is 4.39 Å². The van der Waals surface area contributed by atoms with Crippen molar-refractivity contribution in [2.24, 2.45) is 0 Å². The first-order chi connectivity index (χ1) is 7.24. The molecule has 2 rings (SSSR count). The number of nitrogens with zero attached hydrogens (tertiary/aromatic N) is 1. The molecule has 0 aliphatic carbocycles. The summed E-state index contributed by atoms with van der Waals surface area (Å²) in [4.78, 5) is 3.93. The van der Waals surface area contributed by atoms with Crippen LogP contribution in [0.25, 0.3) is 0 Å². The maximum atomic E-state index is 12.6. The molecule has 1 atom stereocenters. The molecule has 1 aliphatic rings. The van der Waals surface area contributed by atoms with Crippen LogP contribution in [0.15, 0.2) is 18.3 Å². The summed E-state index contributed by atoms with van der Waals surface area (Å²) in [5, 5.41) is 3.20. The van der Waals surface area contributed by atoms with Gasteiger partial charge in [0.1, 0.15) is 11.6 Å². The molecule has 1 aromatic rings. The van der Waals surface area contributed by atoms with E-state index in [0.717, 1.165) is 6.42 Å². The SMILES string of the molecule is Fc1ccc(NC2(CCl)CCOC2)nc1. The molecular formula is C10H12ClFN2O. The van der Waals surface area contributed by atoms with Crippen molar-refractivity contribution in [2.45, 2.75) is 12.0 Å². The quantitative estimate of drug-likeness (QED) is 0.807. The van der Waals surface area contributed by atoms with Gasteiger partial charge in [0.2, 0.25) is 0 Å². The highest BCUT2D eigenvalue weighted by Crippen LogP contribution is 2.24. The largest absolute Gasteiger partial charge is 0.379 e. The molecule has 3 nitrogen and oxygen atoms in total. The van der Waals surface area contributed by atoms with E-state index in [1.807, 2.05) is 0 Å². The lowest BCUT2D eigenvalue weighted by Crippen LogP contribution is -2.41. The highest BCUT2D eigenvalue weighted by Gasteiger charge is 2.34. The van der Waals surface area contributed by atoms with Crippen molar-refractivity contribution in [1.82, 2.24) is 4.98 Å². The lowest BCUT2D eigenvalue weighted by molar-refractivity contribution is 0.185. The minimum Gasteiger partial charge on any atom is -0.379 e. The topological polar surface area (TPSA) is 34.1 Å². The van der Waals surface area contributed by atoms with Gasteiger partial charge in [0.15, 0.2) is 0 Å². The maximum Gasteiger partial charge on any atom is 0.141 e. The average molecular weight is 231 g/mol. The minimum absolute atomic E-state index is 0.258. The second kappa shape index (κ2) is 4.33. The van der Waals surface area contributed by atoms with Gasteiger partial charge in [-0.1, -0.05) is 0 Å². The van der Waals surface area contributed by atoms with Crippen molar-refractivity contribution in [1.29, 1.82) is 0 Å². The van der Waals surface area contributed by atoms with E-state index >= 15 is 0 Å². The number of hydrogen-bond acceptors (Lipinski definition) is 3. The van der Waals surface area contributed by atoms with E-state index in [2.05, 4.69) is 10.3 Å². The van der Waals surface area contributed by atoms with Crippen LogP contribution in [0, 0.1) is 5.82 Å². The molecule has 1 aliphatic heterocycles. The van der Waals surface area contributed by atoms with Gasteiger partial charge < -0.3 is 10.1 Å². The van der Waals surface area contributed by atoms with Gasteiger partial charge in [-0.15, -0.1) is 11.6 Å². The standard InChI is InChI=1S/C10H12ClFN2O/c11-6-10(3-4-15-7-10)14-9-2-1-8(12)5-13-9/h1-2,5H,3-4,6-7H2,(H,13,14). The number of ether oxygens (including phenoxy) is 1. The third-order valence-electron chi connectivity index (χ3n) is 2.48. The molecule has 0 amide bonds. The zero-order valence-electron chi connectivity index (χ0n) is 8.17. The third-order valence-corrected chi connectivity index (χ3v) is 2.99. The second-order valence-corrected chi connectivity index (χ2v) is 3.97. The fourth-order valence-corrected chi connectivity index (χ4v) is 1.84. The van der Waals surface area contributed by atoms with Gasteiger partial charge in [0.25, 0.3) is 0 Å². The highest BCUT2D eigenvalue weighted by atomic mass is 35.5. The van der Waals surface area contributed by atoms with Crippen LogP contribution in [0.3, 0.4) is 0 Å². The molecule has 0 aromatic carbocycles. The first-order valence-electron chi connectivity index (χ1n) is 4.78. The molecule has 0 saturated carbocycles. The molecule has 2 heterocycles. The van der Waals surface area contributed by atoms with Crippen LogP contribution in [-0.4, -0.2) is 29.6 Å². The Bertz CT molecular complexity index is 325. The Hall–Kier alpha value is -0.870. The van der Waals surface area contributed by atoms with Gasteiger partial charge >= 0.3 is 0 Å². The fraction of sp³-hybridized carbons (Fsp3) is 0.500. The first kappa shape index (κ1) is 10.6. The second-order valence-electron chi connectivity index (χ2n) is 3.70. The molecular weight excluding hydrogens is 219 g/mol. The average Bonchev–Trinajstić information content (AvgIpc) is 2.71. The molecule has 0 spiro atoms. The Labute approximate surface area is 92.6 Å². The van der Waals surface area contributed by atoms with E-state index in [0.29, 0.717) is 24.9 Å². The number of pyridine rings is 1. The number of halogens is 2. The van der Waals surface area contributed by atoms with Crippen molar-refractivity contribution in [3.8, 4) is 0 Å². The smallest absolute Gasteiger partial charge is 0.141 e. The van der Waals surface area contributed by atoms with Crippen molar-refractivity contribution < 1.29 is 9.13 Å². The van der Waals surface area contributed by atoms with Crippen LogP contribution in [0.2, 0.25) is 0 Å². The minimum atomic E-state index is -0.344. The van der Waals surface area contributed by atoms with Crippen molar-refractivity contribution in [3.63, 3.8) is 0 Å². The number of aromatic nitrogens is 1. The van der Waals surface area contributed by atoms with E-state index in [4.69, 9.17) is 16.3 Å². The summed E-state index contributed by atoms with van der Waals surface area (Å²) in [6.07, 6.45) is 2.02. The number of anilines is 1. The van der Waals surface area contributed by atoms with Crippen LogP contribution in [0.4, 0.5) is 10.2 Å². The van der Waals surface area contributed by atoms with Crippen LogP contribution >= 0.6 is 11.6 Å². The molecule has 1 aromatic heterocycles. The van der Waals surface area contributed by atoms with Crippen molar-refractivity contribution in [2.75, 3.05) is 24.4 Å². The predicted octanol–water partition coefficient (Wildman–Crippen LogP) is 2.03. The van der Waals surface area contributed by atoms with Crippen LogP contribution in [0.5, 0.6) is 0 Å². The Morgan fingerprint density at radius 2 is 2.47 bits per heavy atom. The van der Waals surface area contributed by atoms with Gasteiger partial charge in [-0.2, -0.15) is 0 Å². The summed E-state index contributed by atoms with van der Waals surface area (Å²) < 4.78 is 17.9. The van der Waals surface area contributed by atoms with E-state index < -0.39 is 0 Å². The summed E-state index contributed by atoms with van der Waals surface area (Å²) in [7, 11) is 0. The van der Waals surface area contributed by atoms with E-state index in [-0.39, 0.29) is 11.4 Å². The van der Waals surface area contributed by atoms with Crippen LogP contribution in [-0.2, 0) is 4.74 Å². The number of hydrogen-bond donors (Lipinski definition) is 1. The molecule has 0 radical (unpaired) electrons. The molecule has 1 fully saturated rings. The molecule has 1 unspecified atom stereocenters. The summed E-state index contributed by atoms with van der Waals surface area (Å²) in [5.41, 5.74) is -0.258. The van der Waals surface area contributed by atoms with E-state index in [1.165, 1.54) is 12.3 Å². The van der Waals surface area contributed by atoms with Gasteiger partial charge in [-0.05, 0) is 18.6 Å². The van der Waals surface area contributed by atoms with Crippen molar-refractivity contribution in [3.05, 3.63) is 24.1 Å². The summed E-state index contributed by atoms with van der Waals surface area (Å²) in [6, 6.07) is 2.97. The Morgan fingerprint density at radius 3 is 3.00 bits per heavy atom. The molecule has 1 saturated heterocycles. The van der Waals surface area contributed by atoms with Gasteiger partial charge in [0, 0.05) is 12.5 Å². The lowest BCUT2D eigenvalue weighted by atomic mass is 10.0. The Balaban J connectivity index is 2.09. The predicted molar refractivity (Wildman–Crippen MR) is 56.7 cm³/mol. The Kier molecular flexibility index (Phi) is 3.07. The molecule has 5 heteroatoms. The third kappa shape index (κ3) is 2.38. The molecule has 15 heavy (non-hydrogen) atoms. The lowest BCUT2D eigenvalue weighted by Gasteiger charge is -2.26. The maximum absolute atomic E-state index is 12.6. The normalized spacial score (nSPS) is 25.5. The number of rotatable bonds is 3. The molecule has 82 valence electrons. The van der Waals surface area contributed by atoms with Gasteiger partial charge in [0.05, 0.1) is 18.3 Å². The zero-order valence-corrected chi connectivity index (χ0v) is 8.93. The summed E-state index contributed by atoms with van der Waals surface area (Å²) in [6.45, 7) is 1.26. The van der Waals surface area contributed by atoms with Crippen LogP contribution < -0.4 is 5.32 Å². The monoisotopic (exact) mass is 230 g/mol. The number of nitrogens with one attached hydrogen (secondary N) is 1. The highest BCUT2D eigenvalue weighted by molar-refractivity contribution is 6.18. The van der Waals surface area contributed by atoms with Gasteiger partial charge in [-0.25, -0.2) is 9.37 Å². The summed E-state index contributed by atoms with van der Waals surface area (Å²) in [5.74, 6) is 0.734. The zero-order chi connectivity index (χ0) is 10.7.